The van der Waals surface area contributed by atoms with E-state index in [2.05, 4.69) is 10.3 Å². The predicted molar refractivity (Wildman–Crippen MR) is 77.5 cm³/mol. The number of carbonyl (C=O) groups excluding carboxylic acids is 1. The lowest BCUT2D eigenvalue weighted by Crippen LogP contribution is -2.28. The Hall–Kier alpha value is -2.43. The highest BCUT2D eigenvalue weighted by Gasteiger charge is 2.16. The largest absolute Gasteiger partial charge is 0.505 e. The lowest BCUT2D eigenvalue weighted by molar-refractivity contribution is 0.0934. The molecule has 0 aliphatic heterocycles. The second kappa shape index (κ2) is 6.35. The minimum Gasteiger partial charge on any atom is -0.505 e. The van der Waals surface area contributed by atoms with Crippen molar-refractivity contribution in [2.75, 3.05) is 0 Å². The number of carbonyl (C=O) groups is 1. The second-order valence-electron chi connectivity index (χ2n) is 4.86. The van der Waals surface area contributed by atoms with Gasteiger partial charge in [0.15, 0.2) is 11.6 Å². The van der Waals surface area contributed by atoms with Crippen molar-refractivity contribution in [3.8, 4) is 5.75 Å². The van der Waals surface area contributed by atoms with Gasteiger partial charge in [0.1, 0.15) is 0 Å². The summed E-state index contributed by atoms with van der Waals surface area (Å²) in [4.78, 5) is 16.4. The van der Waals surface area contributed by atoms with Crippen molar-refractivity contribution in [1.29, 1.82) is 0 Å². The number of pyridine rings is 1. The molecule has 2 aromatic rings. The number of hydrogen-bond donors (Lipinski definition) is 2. The number of amides is 1. The highest BCUT2D eigenvalue weighted by Crippen LogP contribution is 2.19. The third kappa shape index (κ3) is 3.56. The van der Waals surface area contributed by atoms with E-state index in [1.165, 1.54) is 6.07 Å². The summed E-state index contributed by atoms with van der Waals surface area (Å²) in [7, 11) is 0. The monoisotopic (exact) mass is 288 g/mol. The van der Waals surface area contributed by atoms with Gasteiger partial charge in [-0.2, -0.15) is 0 Å². The average Bonchev–Trinajstić information content (AvgIpc) is 2.48. The van der Waals surface area contributed by atoms with Crippen LogP contribution in [-0.2, 0) is 0 Å². The van der Waals surface area contributed by atoms with Gasteiger partial charge in [0.2, 0.25) is 0 Å². The standard InChI is InChI=1S/C16H17FN2O2/c1-3-13(14-7-4-10(2)9-18-14)19-16(21)11-5-6-12(17)15(20)8-11/h4-9,13,20H,3H2,1-2H3,(H,19,21). The Morgan fingerprint density at radius 1 is 1.38 bits per heavy atom. The smallest absolute Gasteiger partial charge is 0.251 e. The SMILES string of the molecule is CCC(NC(=O)c1ccc(F)c(O)c1)c1ccc(C)cn1. The summed E-state index contributed by atoms with van der Waals surface area (Å²) >= 11 is 0. The van der Waals surface area contributed by atoms with Crippen molar-refractivity contribution in [2.45, 2.75) is 26.3 Å². The molecule has 1 aromatic carbocycles. The molecule has 0 radical (unpaired) electrons. The van der Waals surface area contributed by atoms with Crippen LogP contribution in [0.2, 0.25) is 0 Å². The summed E-state index contributed by atoms with van der Waals surface area (Å²) in [6, 6.07) is 7.08. The van der Waals surface area contributed by atoms with Crippen LogP contribution in [0, 0.1) is 12.7 Å². The highest BCUT2D eigenvalue weighted by molar-refractivity contribution is 5.94. The van der Waals surface area contributed by atoms with Crippen LogP contribution in [0.1, 0.15) is 41.0 Å². The summed E-state index contributed by atoms with van der Waals surface area (Å²) in [5.74, 6) is -1.66. The molecule has 0 bridgehead atoms. The average molecular weight is 288 g/mol. The summed E-state index contributed by atoms with van der Waals surface area (Å²) in [5.41, 5.74) is 2.02. The van der Waals surface area contributed by atoms with E-state index in [4.69, 9.17) is 0 Å². The summed E-state index contributed by atoms with van der Waals surface area (Å²) in [6.45, 7) is 3.88. The molecule has 1 atom stereocenters. The number of phenolic OH excluding ortho intramolecular Hbond substituents is 1. The zero-order valence-corrected chi connectivity index (χ0v) is 11.9. The van der Waals surface area contributed by atoms with Gasteiger partial charge in [0, 0.05) is 11.8 Å². The first-order valence-corrected chi connectivity index (χ1v) is 6.73. The molecule has 21 heavy (non-hydrogen) atoms. The maximum Gasteiger partial charge on any atom is 0.251 e. The number of phenols is 1. The molecule has 1 unspecified atom stereocenters. The zero-order valence-electron chi connectivity index (χ0n) is 11.9. The Morgan fingerprint density at radius 2 is 2.14 bits per heavy atom. The van der Waals surface area contributed by atoms with Gasteiger partial charge in [0.25, 0.3) is 5.91 Å². The third-order valence-electron chi connectivity index (χ3n) is 3.21. The predicted octanol–water partition coefficient (Wildman–Crippen LogP) is 3.12. The van der Waals surface area contributed by atoms with Crippen LogP contribution in [-0.4, -0.2) is 16.0 Å². The maximum absolute atomic E-state index is 13.0. The maximum atomic E-state index is 13.0. The Balaban J connectivity index is 2.15. The van der Waals surface area contributed by atoms with Gasteiger partial charge in [-0.05, 0) is 43.2 Å². The molecule has 1 heterocycles. The fourth-order valence-corrected chi connectivity index (χ4v) is 1.97. The Morgan fingerprint density at radius 3 is 2.71 bits per heavy atom. The van der Waals surface area contributed by atoms with Crippen LogP contribution >= 0.6 is 0 Å². The normalized spacial score (nSPS) is 12.0. The quantitative estimate of drug-likeness (QED) is 0.908. The molecule has 4 nitrogen and oxygen atoms in total. The Labute approximate surface area is 122 Å². The first-order chi connectivity index (χ1) is 10.0. The Kier molecular flexibility index (Phi) is 4.52. The fraction of sp³-hybridized carbons (Fsp3) is 0.250. The number of aromatic hydroxyl groups is 1. The van der Waals surface area contributed by atoms with Crippen LogP contribution in [0.15, 0.2) is 36.5 Å². The number of halogens is 1. The van der Waals surface area contributed by atoms with Crippen molar-refractivity contribution in [2.24, 2.45) is 0 Å². The molecule has 0 fully saturated rings. The van der Waals surface area contributed by atoms with Gasteiger partial charge in [-0.3, -0.25) is 9.78 Å². The fourth-order valence-electron chi connectivity index (χ4n) is 1.97. The van der Waals surface area contributed by atoms with Crippen molar-refractivity contribution in [3.05, 3.63) is 59.2 Å². The minimum atomic E-state index is -0.751. The summed E-state index contributed by atoms with van der Waals surface area (Å²) in [5, 5.41) is 12.2. The number of rotatable bonds is 4. The van der Waals surface area contributed by atoms with Gasteiger partial charge < -0.3 is 10.4 Å². The van der Waals surface area contributed by atoms with E-state index in [9.17, 15) is 14.3 Å². The summed E-state index contributed by atoms with van der Waals surface area (Å²) < 4.78 is 13.0. The molecule has 5 heteroatoms. The van der Waals surface area contributed by atoms with E-state index in [1.54, 1.807) is 6.20 Å². The number of hydrogen-bond acceptors (Lipinski definition) is 3. The van der Waals surface area contributed by atoms with Crippen molar-refractivity contribution < 1.29 is 14.3 Å². The molecule has 0 aliphatic rings. The van der Waals surface area contributed by atoms with E-state index in [-0.39, 0.29) is 17.5 Å². The number of aryl methyl sites for hydroxylation is 1. The van der Waals surface area contributed by atoms with E-state index in [0.29, 0.717) is 6.42 Å². The molecular weight excluding hydrogens is 271 g/mol. The molecule has 0 saturated heterocycles. The molecule has 2 rings (SSSR count). The van der Waals surface area contributed by atoms with Gasteiger partial charge in [-0.15, -0.1) is 0 Å². The summed E-state index contributed by atoms with van der Waals surface area (Å²) in [6.07, 6.45) is 2.42. The van der Waals surface area contributed by atoms with Crippen LogP contribution in [0.5, 0.6) is 5.75 Å². The van der Waals surface area contributed by atoms with Gasteiger partial charge in [0.05, 0.1) is 11.7 Å². The van der Waals surface area contributed by atoms with E-state index in [0.717, 1.165) is 23.4 Å². The highest BCUT2D eigenvalue weighted by atomic mass is 19.1. The Bertz CT molecular complexity index is 641. The van der Waals surface area contributed by atoms with Crippen LogP contribution in [0.4, 0.5) is 4.39 Å². The lowest BCUT2D eigenvalue weighted by Gasteiger charge is -2.16. The minimum absolute atomic E-state index is 0.208. The van der Waals surface area contributed by atoms with Crippen LogP contribution in [0.25, 0.3) is 0 Å². The van der Waals surface area contributed by atoms with Gasteiger partial charge in [-0.25, -0.2) is 4.39 Å². The molecule has 1 aromatic heterocycles. The first-order valence-electron chi connectivity index (χ1n) is 6.73. The molecule has 110 valence electrons. The van der Waals surface area contributed by atoms with E-state index >= 15 is 0 Å². The van der Waals surface area contributed by atoms with Gasteiger partial charge >= 0.3 is 0 Å². The van der Waals surface area contributed by atoms with E-state index in [1.807, 2.05) is 26.0 Å². The second-order valence-corrected chi connectivity index (χ2v) is 4.86. The number of nitrogens with zero attached hydrogens (tertiary/aromatic N) is 1. The zero-order chi connectivity index (χ0) is 15.4. The number of nitrogens with one attached hydrogen (secondary N) is 1. The molecule has 0 spiro atoms. The van der Waals surface area contributed by atoms with E-state index < -0.39 is 11.6 Å². The van der Waals surface area contributed by atoms with Crippen molar-refractivity contribution in [1.82, 2.24) is 10.3 Å². The molecule has 0 aliphatic carbocycles. The number of aromatic nitrogens is 1. The lowest BCUT2D eigenvalue weighted by atomic mass is 10.1. The number of benzene rings is 1. The van der Waals surface area contributed by atoms with Crippen molar-refractivity contribution in [3.63, 3.8) is 0 Å². The molecule has 1 amide bonds. The van der Waals surface area contributed by atoms with Crippen LogP contribution in [0.3, 0.4) is 0 Å². The van der Waals surface area contributed by atoms with Crippen molar-refractivity contribution >= 4 is 5.91 Å². The van der Waals surface area contributed by atoms with Gasteiger partial charge in [-0.1, -0.05) is 13.0 Å². The van der Waals surface area contributed by atoms with Crippen LogP contribution < -0.4 is 5.32 Å². The topological polar surface area (TPSA) is 62.2 Å². The molecule has 2 N–H and O–H groups in total. The molecular formula is C16H17FN2O2. The third-order valence-corrected chi connectivity index (χ3v) is 3.21. The first kappa shape index (κ1) is 15.0. The molecule has 0 saturated carbocycles.